The van der Waals surface area contributed by atoms with Crippen LogP contribution in [0.15, 0.2) is 12.1 Å². The lowest BCUT2D eigenvalue weighted by Crippen LogP contribution is -2.29. The van der Waals surface area contributed by atoms with Crippen LogP contribution in [0.2, 0.25) is 10.0 Å². The molecule has 0 amide bonds. The Balaban J connectivity index is 2.09. The van der Waals surface area contributed by atoms with E-state index in [0.717, 1.165) is 11.5 Å². The monoisotopic (exact) mass is 289 g/mol. The van der Waals surface area contributed by atoms with E-state index in [1.165, 1.54) is 31.4 Å². The molecule has 4 heteroatoms. The van der Waals surface area contributed by atoms with E-state index in [0.29, 0.717) is 11.1 Å². The molecule has 1 saturated carbocycles. The largest absolute Gasteiger partial charge is 0.307 e. The molecule has 1 N–H and O–H groups in total. The Hall–Kier alpha value is -0.310. The van der Waals surface area contributed by atoms with E-state index in [4.69, 9.17) is 23.2 Å². The molecule has 0 heterocycles. The molecule has 1 nitrogen and oxygen atoms in total. The van der Waals surface area contributed by atoms with E-state index in [9.17, 15) is 4.39 Å². The Morgan fingerprint density at radius 1 is 1.28 bits per heavy atom. The molecule has 0 aromatic heterocycles. The summed E-state index contributed by atoms with van der Waals surface area (Å²) >= 11 is 11.8. The molecule has 1 aliphatic carbocycles. The van der Waals surface area contributed by atoms with Crippen molar-refractivity contribution in [1.29, 1.82) is 0 Å². The molecule has 1 aliphatic rings. The lowest BCUT2D eigenvalue weighted by atomic mass is 10.1. The van der Waals surface area contributed by atoms with Crippen LogP contribution in [-0.2, 0) is 0 Å². The van der Waals surface area contributed by atoms with Gasteiger partial charge in [0.1, 0.15) is 5.82 Å². The number of nitrogens with one attached hydrogen (secondary N) is 1. The fourth-order valence-corrected chi connectivity index (χ4v) is 3.22. The summed E-state index contributed by atoms with van der Waals surface area (Å²) in [6.07, 6.45) is 3.62. The molecule has 2 rings (SSSR count). The van der Waals surface area contributed by atoms with Crippen LogP contribution in [-0.4, -0.2) is 6.04 Å². The Bertz CT molecular complexity index is 436. The summed E-state index contributed by atoms with van der Waals surface area (Å²) in [5.74, 6) is 0.358. The zero-order chi connectivity index (χ0) is 13.3. The average Bonchev–Trinajstić information content (AvgIpc) is 2.69. The van der Waals surface area contributed by atoms with Crippen LogP contribution >= 0.6 is 23.2 Å². The third-order valence-corrected chi connectivity index (χ3v) is 4.30. The van der Waals surface area contributed by atoms with Gasteiger partial charge < -0.3 is 5.32 Å². The summed E-state index contributed by atoms with van der Waals surface area (Å²) < 4.78 is 13.5. The molecular weight excluding hydrogens is 272 g/mol. The van der Waals surface area contributed by atoms with Gasteiger partial charge in [-0.1, -0.05) is 30.1 Å². The van der Waals surface area contributed by atoms with Crippen molar-refractivity contribution in [2.75, 3.05) is 0 Å². The van der Waals surface area contributed by atoms with Gasteiger partial charge in [-0.05, 0) is 49.8 Å². The van der Waals surface area contributed by atoms with Crippen LogP contribution in [0.3, 0.4) is 0 Å². The molecule has 3 atom stereocenters. The van der Waals surface area contributed by atoms with Crippen molar-refractivity contribution >= 4 is 23.2 Å². The van der Waals surface area contributed by atoms with Gasteiger partial charge in [-0.25, -0.2) is 4.39 Å². The summed E-state index contributed by atoms with van der Waals surface area (Å²) in [7, 11) is 0. The minimum absolute atomic E-state index is 0.0413. The van der Waals surface area contributed by atoms with Gasteiger partial charge in [0, 0.05) is 17.1 Å². The second kappa shape index (κ2) is 5.77. The minimum Gasteiger partial charge on any atom is -0.307 e. The van der Waals surface area contributed by atoms with Crippen molar-refractivity contribution in [1.82, 2.24) is 5.32 Å². The summed E-state index contributed by atoms with van der Waals surface area (Å²) in [4.78, 5) is 0. The van der Waals surface area contributed by atoms with Crippen LogP contribution in [0.25, 0.3) is 0 Å². The minimum atomic E-state index is -0.412. The van der Waals surface area contributed by atoms with Gasteiger partial charge >= 0.3 is 0 Å². The SMILES string of the molecule is CC1CCC(NC(C)c2cc(F)c(Cl)cc2Cl)C1. The second-order valence-corrected chi connectivity index (χ2v) is 6.11. The highest BCUT2D eigenvalue weighted by Gasteiger charge is 2.23. The van der Waals surface area contributed by atoms with Crippen molar-refractivity contribution < 1.29 is 4.39 Å². The van der Waals surface area contributed by atoms with Crippen molar-refractivity contribution in [2.45, 2.75) is 45.2 Å². The van der Waals surface area contributed by atoms with Crippen molar-refractivity contribution in [3.63, 3.8) is 0 Å². The quantitative estimate of drug-likeness (QED) is 0.775. The van der Waals surface area contributed by atoms with Crippen molar-refractivity contribution in [2.24, 2.45) is 5.92 Å². The third-order valence-electron chi connectivity index (χ3n) is 3.69. The van der Waals surface area contributed by atoms with Crippen molar-refractivity contribution in [3.05, 3.63) is 33.6 Å². The van der Waals surface area contributed by atoms with E-state index in [2.05, 4.69) is 12.2 Å². The Morgan fingerprint density at radius 2 is 2.00 bits per heavy atom. The predicted octanol–water partition coefficient (Wildman–Crippen LogP) is 4.97. The van der Waals surface area contributed by atoms with Gasteiger partial charge in [0.2, 0.25) is 0 Å². The van der Waals surface area contributed by atoms with E-state index in [1.807, 2.05) is 6.92 Å². The average molecular weight is 290 g/mol. The molecule has 1 fully saturated rings. The van der Waals surface area contributed by atoms with Gasteiger partial charge in [-0.2, -0.15) is 0 Å². The first-order valence-electron chi connectivity index (χ1n) is 6.38. The first-order valence-corrected chi connectivity index (χ1v) is 7.13. The number of halogens is 3. The van der Waals surface area contributed by atoms with E-state index < -0.39 is 5.82 Å². The summed E-state index contributed by atoms with van der Waals surface area (Å²) in [5.41, 5.74) is 0.776. The zero-order valence-corrected chi connectivity index (χ0v) is 12.2. The van der Waals surface area contributed by atoms with Gasteiger partial charge in [-0.3, -0.25) is 0 Å². The van der Waals surface area contributed by atoms with E-state index in [-0.39, 0.29) is 11.1 Å². The Morgan fingerprint density at radius 3 is 2.61 bits per heavy atom. The van der Waals surface area contributed by atoms with E-state index >= 15 is 0 Å². The number of hydrogen-bond donors (Lipinski definition) is 1. The van der Waals surface area contributed by atoms with Crippen molar-refractivity contribution in [3.8, 4) is 0 Å². The molecular formula is C14H18Cl2FN. The number of rotatable bonds is 3. The van der Waals surface area contributed by atoms with Gasteiger partial charge in [-0.15, -0.1) is 0 Å². The fraction of sp³-hybridized carbons (Fsp3) is 0.571. The highest BCUT2D eigenvalue weighted by atomic mass is 35.5. The maximum atomic E-state index is 13.5. The molecule has 18 heavy (non-hydrogen) atoms. The maximum absolute atomic E-state index is 13.5. The predicted molar refractivity (Wildman–Crippen MR) is 74.8 cm³/mol. The molecule has 100 valence electrons. The molecule has 0 aliphatic heterocycles. The molecule has 0 radical (unpaired) electrons. The van der Waals surface area contributed by atoms with Gasteiger partial charge in [0.05, 0.1) is 5.02 Å². The normalized spacial score (nSPS) is 25.4. The maximum Gasteiger partial charge on any atom is 0.142 e. The Kier molecular flexibility index (Phi) is 4.52. The number of hydrogen-bond acceptors (Lipinski definition) is 1. The molecule has 0 saturated heterocycles. The fourth-order valence-electron chi connectivity index (χ4n) is 2.67. The first kappa shape index (κ1) is 14.1. The molecule has 0 bridgehead atoms. The molecule has 0 spiro atoms. The molecule has 1 aromatic carbocycles. The van der Waals surface area contributed by atoms with Crippen LogP contribution in [0, 0.1) is 11.7 Å². The van der Waals surface area contributed by atoms with Crippen LogP contribution < -0.4 is 5.32 Å². The zero-order valence-electron chi connectivity index (χ0n) is 10.6. The lowest BCUT2D eigenvalue weighted by Gasteiger charge is -2.21. The smallest absolute Gasteiger partial charge is 0.142 e. The standard InChI is InChI=1S/C14H18Cl2FN/c1-8-3-4-10(5-8)18-9(2)11-6-14(17)13(16)7-12(11)15/h6-10,18H,3-5H2,1-2H3. The van der Waals surface area contributed by atoms with Crippen LogP contribution in [0.5, 0.6) is 0 Å². The van der Waals surface area contributed by atoms with Crippen LogP contribution in [0.4, 0.5) is 4.39 Å². The Labute approximate surface area is 118 Å². The number of benzene rings is 1. The first-order chi connectivity index (χ1) is 8.47. The molecule has 3 unspecified atom stereocenters. The highest BCUT2D eigenvalue weighted by Crippen LogP contribution is 2.31. The van der Waals surface area contributed by atoms with Gasteiger partial charge in [0.25, 0.3) is 0 Å². The highest BCUT2D eigenvalue weighted by molar-refractivity contribution is 6.35. The second-order valence-electron chi connectivity index (χ2n) is 5.29. The lowest BCUT2D eigenvalue weighted by molar-refractivity contribution is 0.448. The topological polar surface area (TPSA) is 12.0 Å². The van der Waals surface area contributed by atoms with Crippen LogP contribution in [0.1, 0.15) is 44.7 Å². The third kappa shape index (κ3) is 3.17. The molecule has 1 aromatic rings. The van der Waals surface area contributed by atoms with Gasteiger partial charge in [0.15, 0.2) is 0 Å². The summed E-state index contributed by atoms with van der Waals surface area (Å²) in [6, 6.07) is 3.45. The van der Waals surface area contributed by atoms with E-state index in [1.54, 1.807) is 0 Å². The summed E-state index contributed by atoms with van der Waals surface area (Å²) in [5, 5.41) is 4.11. The summed E-state index contributed by atoms with van der Waals surface area (Å²) in [6.45, 7) is 4.28.